The van der Waals surface area contributed by atoms with Crippen LogP contribution in [0.2, 0.25) is 0 Å². The molecule has 1 heterocycles. The van der Waals surface area contributed by atoms with E-state index in [0.29, 0.717) is 12.1 Å². The van der Waals surface area contributed by atoms with Crippen LogP contribution in [-0.4, -0.2) is 15.2 Å². The van der Waals surface area contributed by atoms with Crippen molar-refractivity contribution < 1.29 is 10.2 Å². The van der Waals surface area contributed by atoms with Crippen molar-refractivity contribution in [3.05, 3.63) is 53.9 Å². The molecule has 1 aromatic carbocycles. The van der Waals surface area contributed by atoms with Crippen molar-refractivity contribution in [3.8, 4) is 11.5 Å². The highest BCUT2D eigenvalue weighted by Gasteiger charge is 2.04. The fraction of sp³-hybridized carbons (Fsp3) is 0.154. The zero-order chi connectivity index (χ0) is 11.4. The van der Waals surface area contributed by atoms with Crippen molar-refractivity contribution in [3.63, 3.8) is 0 Å². The average molecular weight is 215 g/mol. The van der Waals surface area contributed by atoms with Crippen LogP contribution in [0.4, 0.5) is 0 Å². The van der Waals surface area contributed by atoms with E-state index in [0.717, 1.165) is 6.42 Å². The van der Waals surface area contributed by atoms with E-state index in [4.69, 9.17) is 5.11 Å². The lowest BCUT2D eigenvalue weighted by atomic mass is 10.1. The second-order valence-corrected chi connectivity index (χ2v) is 3.64. The van der Waals surface area contributed by atoms with E-state index >= 15 is 0 Å². The Morgan fingerprint density at radius 3 is 2.44 bits per heavy atom. The molecule has 0 unspecified atom stereocenters. The molecule has 82 valence electrons. The molecule has 0 aliphatic heterocycles. The van der Waals surface area contributed by atoms with Crippen LogP contribution in [0, 0.1) is 0 Å². The molecule has 0 aliphatic rings. The molecule has 2 aromatic rings. The molecule has 3 heteroatoms. The van der Waals surface area contributed by atoms with Crippen LogP contribution >= 0.6 is 0 Å². The lowest BCUT2D eigenvalue weighted by molar-refractivity contribution is 0.440. The molecule has 0 spiro atoms. The third-order valence-electron chi connectivity index (χ3n) is 2.43. The Kier molecular flexibility index (Phi) is 3.05. The molecule has 0 saturated carbocycles. The quantitative estimate of drug-likeness (QED) is 0.825. The molecule has 0 bridgehead atoms. The Bertz CT molecular complexity index is 469. The lowest BCUT2D eigenvalue weighted by Crippen LogP contribution is -1.94. The fourth-order valence-corrected chi connectivity index (χ4v) is 1.57. The normalized spacial score (nSPS) is 10.2. The number of benzene rings is 1. The molecule has 0 amide bonds. The second kappa shape index (κ2) is 4.66. The average Bonchev–Trinajstić information content (AvgIpc) is 2.29. The molecule has 0 saturated heterocycles. The highest BCUT2D eigenvalue weighted by molar-refractivity contribution is 5.33. The third kappa shape index (κ3) is 2.51. The summed E-state index contributed by atoms with van der Waals surface area (Å²) in [6.07, 6.45) is 2.84. The largest absolute Gasteiger partial charge is 0.506 e. The fourth-order valence-electron chi connectivity index (χ4n) is 1.57. The molecule has 2 rings (SSSR count). The lowest BCUT2D eigenvalue weighted by Gasteiger charge is -2.04. The van der Waals surface area contributed by atoms with Gasteiger partial charge < -0.3 is 10.2 Å². The maximum absolute atomic E-state index is 9.55. The predicted octanol–water partition coefficient (Wildman–Crippen LogP) is 2.28. The van der Waals surface area contributed by atoms with Gasteiger partial charge in [0.15, 0.2) is 0 Å². The van der Waals surface area contributed by atoms with Gasteiger partial charge in [0.1, 0.15) is 11.5 Å². The third-order valence-corrected chi connectivity index (χ3v) is 2.43. The number of nitrogens with zero attached hydrogens (tertiary/aromatic N) is 1. The monoisotopic (exact) mass is 215 g/mol. The van der Waals surface area contributed by atoms with Crippen LogP contribution in [0.25, 0.3) is 0 Å². The van der Waals surface area contributed by atoms with Gasteiger partial charge in [-0.05, 0) is 18.4 Å². The molecular formula is C13H13NO2. The van der Waals surface area contributed by atoms with Gasteiger partial charge in [-0.2, -0.15) is 0 Å². The van der Waals surface area contributed by atoms with Crippen LogP contribution < -0.4 is 0 Å². The van der Waals surface area contributed by atoms with Crippen molar-refractivity contribution in [2.45, 2.75) is 12.8 Å². The van der Waals surface area contributed by atoms with Gasteiger partial charge in [0.2, 0.25) is 0 Å². The highest BCUT2D eigenvalue weighted by atomic mass is 16.3. The number of hydrogen-bond donors (Lipinski definition) is 2. The Labute approximate surface area is 94.0 Å². The number of pyridine rings is 1. The topological polar surface area (TPSA) is 53.4 Å². The van der Waals surface area contributed by atoms with Gasteiger partial charge in [-0.1, -0.05) is 30.3 Å². The van der Waals surface area contributed by atoms with Crippen molar-refractivity contribution in [1.29, 1.82) is 0 Å². The molecular weight excluding hydrogens is 202 g/mol. The van der Waals surface area contributed by atoms with Crippen molar-refractivity contribution in [2.75, 3.05) is 0 Å². The minimum absolute atomic E-state index is 0.0130. The first-order chi connectivity index (χ1) is 7.75. The van der Waals surface area contributed by atoms with Gasteiger partial charge >= 0.3 is 0 Å². The minimum Gasteiger partial charge on any atom is -0.506 e. The second-order valence-electron chi connectivity index (χ2n) is 3.64. The summed E-state index contributed by atoms with van der Waals surface area (Å²) >= 11 is 0. The van der Waals surface area contributed by atoms with Crippen LogP contribution in [0.3, 0.4) is 0 Å². The number of aromatic nitrogens is 1. The summed E-state index contributed by atoms with van der Waals surface area (Å²) in [5.74, 6) is 0.0388. The van der Waals surface area contributed by atoms with Crippen LogP contribution in [0.15, 0.2) is 42.6 Å². The maximum Gasteiger partial charge on any atom is 0.140 e. The highest BCUT2D eigenvalue weighted by Crippen LogP contribution is 2.21. The first kappa shape index (κ1) is 10.5. The predicted molar refractivity (Wildman–Crippen MR) is 61.4 cm³/mol. The van der Waals surface area contributed by atoms with Gasteiger partial charge in [-0.15, -0.1) is 0 Å². The molecule has 0 fully saturated rings. The van der Waals surface area contributed by atoms with Crippen molar-refractivity contribution in [2.24, 2.45) is 0 Å². The summed E-state index contributed by atoms with van der Waals surface area (Å²) in [5.41, 5.74) is 1.82. The molecule has 2 N–H and O–H groups in total. The molecule has 0 aliphatic carbocycles. The molecule has 16 heavy (non-hydrogen) atoms. The van der Waals surface area contributed by atoms with Crippen molar-refractivity contribution >= 4 is 0 Å². The smallest absolute Gasteiger partial charge is 0.140 e. The van der Waals surface area contributed by atoms with Crippen LogP contribution in [0.5, 0.6) is 11.5 Å². The summed E-state index contributed by atoms with van der Waals surface area (Å²) in [6, 6.07) is 11.3. The summed E-state index contributed by atoms with van der Waals surface area (Å²) in [6.45, 7) is 0. The minimum atomic E-state index is -0.0130. The number of rotatable bonds is 3. The number of aryl methyl sites for hydroxylation is 2. The Hall–Kier alpha value is -2.03. The van der Waals surface area contributed by atoms with Gasteiger partial charge in [0, 0.05) is 6.07 Å². The molecule has 0 atom stereocenters. The standard InChI is InChI=1S/C13H13NO2/c15-11-8-13(16)12(14-9-11)7-6-10-4-2-1-3-5-10/h1-5,8-9,15-16H,6-7H2. The maximum atomic E-state index is 9.55. The van der Waals surface area contributed by atoms with Crippen molar-refractivity contribution in [1.82, 2.24) is 4.98 Å². The summed E-state index contributed by atoms with van der Waals surface area (Å²) in [7, 11) is 0. The van der Waals surface area contributed by atoms with E-state index in [2.05, 4.69) is 4.98 Å². The van der Waals surface area contributed by atoms with E-state index in [1.54, 1.807) is 0 Å². The molecule has 1 aromatic heterocycles. The zero-order valence-electron chi connectivity index (χ0n) is 8.80. The van der Waals surface area contributed by atoms with E-state index in [-0.39, 0.29) is 11.5 Å². The summed E-state index contributed by atoms with van der Waals surface area (Å²) in [5, 5.41) is 18.6. The van der Waals surface area contributed by atoms with E-state index in [1.807, 2.05) is 30.3 Å². The Balaban J connectivity index is 2.05. The zero-order valence-corrected chi connectivity index (χ0v) is 8.80. The van der Waals surface area contributed by atoms with Gasteiger partial charge in [0.25, 0.3) is 0 Å². The van der Waals surface area contributed by atoms with Gasteiger partial charge in [-0.25, -0.2) is 0 Å². The first-order valence-corrected chi connectivity index (χ1v) is 5.16. The summed E-state index contributed by atoms with van der Waals surface area (Å²) in [4.78, 5) is 3.99. The van der Waals surface area contributed by atoms with E-state index < -0.39 is 0 Å². The summed E-state index contributed by atoms with van der Waals surface area (Å²) < 4.78 is 0. The molecule has 3 nitrogen and oxygen atoms in total. The Morgan fingerprint density at radius 1 is 1.00 bits per heavy atom. The van der Waals surface area contributed by atoms with Crippen LogP contribution in [-0.2, 0) is 12.8 Å². The van der Waals surface area contributed by atoms with Gasteiger partial charge in [-0.3, -0.25) is 4.98 Å². The Morgan fingerprint density at radius 2 is 1.75 bits per heavy atom. The van der Waals surface area contributed by atoms with E-state index in [1.165, 1.54) is 17.8 Å². The van der Waals surface area contributed by atoms with Crippen LogP contribution in [0.1, 0.15) is 11.3 Å². The number of hydrogen-bond acceptors (Lipinski definition) is 3. The SMILES string of the molecule is Oc1cnc(CCc2ccccc2)c(O)c1. The number of aromatic hydroxyl groups is 2. The molecule has 0 radical (unpaired) electrons. The first-order valence-electron chi connectivity index (χ1n) is 5.16. The van der Waals surface area contributed by atoms with E-state index in [9.17, 15) is 5.11 Å². The van der Waals surface area contributed by atoms with Gasteiger partial charge in [0.05, 0.1) is 11.9 Å².